The maximum atomic E-state index is 10.4. The highest BCUT2D eigenvalue weighted by Crippen LogP contribution is 2.47. The average Bonchev–Trinajstić information content (AvgIpc) is 3.83. The van der Waals surface area contributed by atoms with Crippen LogP contribution in [0.15, 0.2) is 140 Å². The molecule has 0 unspecified atom stereocenters. The van der Waals surface area contributed by atoms with E-state index < -0.39 is 0 Å². The molecular weight excluding hydrogens is 635 g/mol. The van der Waals surface area contributed by atoms with E-state index in [9.17, 15) is 10.5 Å². The number of rotatable bonds is 3. The number of thiophene rings is 2. The second kappa shape index (κ2) is 10.6. The summed E-state index contributed by atoms with van der Waals surface area (Å²) in [6.07, 6.45) is 0. The Kier molecular flexibility index (Phi) is 6.04. The normalized spacial score (nSPS) is 11.6. The third kappa shape index (κ3) is 4.04. The van der Waals surface area contributed by atoms with E-state index in [0.29, 0.717) is 11.1 Å². The van der Waals surface area contributed by atoms with E-state index in [-0.39, 0.29) is 0 Å². The van der Waals surface area contributed by atoms with Crippen molar-refractivity contribution in [3.63, 3.8) is 0 Å². The molecule has 0 saturated heterocycles. The van der Waals surface area contributed by atoms with Gasteiger partial charge in [0.25, 0.3) is 0 Å². The van der Waals surface area contributed by atoms with E-state index in [4.69, 9.17) is 0 Å². The van der Waals surface area contributed by atoms with Gasteiger partial charge in [-0.05, 0) is 71.3 Å². The standard InChI is InChI=1S/C44H23N3S2/c45-24-28-8-1-2-10-30(28)26-16-19-39-35(22-26)34-18-21-41-42(44(34)49-39)36-23-27(17-20-40(36)48-41)31-13-7-9-29(25-46)43(31)47-37-14-5-3-11-32(37)33-12-4-6-15-38(33)47/h1-23H. The molecule has 0 spiro atoms. The maximum Gasteiger partial charge on any atom is 0.101 e. The Hall–Kier alpha value is -6.24. The fourth-order valence-electron chi connectivity index (χ4n) is 7.53. The van der Waals surface area contributed by atoms with Crippen LogP contribution in [-0.2, 0) is 0 Å². The minimum Gasteiger partial charge on any atom is -0.307 e. The highest BCUT2D eigenvalue weighted by atomic mass is 32.1. The lowest BCUT2D eigenvalue weighted by Crippen LogP contribution is -2.00. The van der Waals surface area contributed by atoms with Gasteiger partial charge in [0.1, 0.15) is 6.07 Å². The summed E-state index contributed by atoms with van der Waals surface area (Å²) in [5.74, 6) is 0. The summed E-state index contributed by atoms with van der Waals surface area (Å²) in [5.41, 5.74) is 8.50. The Labute approximate surface area is 289 Å². The van der Waals surface area contributed by atoms with Gasteiger partial charge in [0.15, 0.2) is 0 Å². The molecule has 0 amide bonds. The Balaban J connectivity index is 1.22. The lowest BCUT2D eigenvalue weighted by molar-refractivity contribution is 1.17. The summed E-state index contributed by atoms with van der Waals surface area (Å²) in [4.78, 5) is 0. The molecule has 0 aliphatic rings. The highest BCUT2D eigenvalue weighted by Gasteiger charge is 2.20. The van der Waals surface area contributed by atoms with Crippen LogP contribution in [0.1, 0.15) is 11.1 Å². The molecule has 0 bridgehead atoms. The molecule has 226 valence electrons. The molecule has 3 nitrogen and oxygen atoms in total. The first kappa shape index (κ1) is 27.8. The van der Waals surface area contributed by atoms with Gasteiger partial charge in [-0.2, -0.15) is 10.5 Å². The number of aromatic nitrogens is 1. The minimum atomic E-state index is 0.639. The van der Waals surface area contributed by atoms with Crippen LogP contribution in [-0.4, -0.2) is 4.57 Å². The first-order valence-electron chi connectivity index (χ1n) is 16.0. The van der Waals surface area contributed by atoms with Crippen LogP contribution >= 0.6 is 22.7 Å². The zero-order valence-corrected chi connectivity index (χ0v) is 27.6. The quantitative estimate of drug-likeness (QED) is 0.190. The smallest absolute Gasteiger partial charge is 0.101 e. The summed E-state index contributed by atoms with van der Waals surface area (Å²) < 4.78 is 7.26. The molecule has 49 heavy (non-hydrogen) atoms. The van der Waals surface area contributed by atoms with Crippen molar-refractivity contribution >= 4 is 84.8 Å². The Bertz CT molecular complexity index is 3030. The van der Waals surface area contributed by atoms with Gasteiger partial charge >= 0.3 is 0 Å². The van der Waals surface area contributed by atoms with Crippen molar-refractivity contribution in [1.82, 2.24) is 4.57 Å². The highest BCUT2D eigenvalue weighted by molar-refractivity contribution is 7.29. The number of benzene rings is 7. The van der Waals surface area contributed by atoms with Crippen LogP contribution in [0.4, 0.5) is 0 Å². The monoisotopic (exact) mass is 657 g/mol. The number of fused-ring (bicyclic) bond motifs is 10. The van der Waals surface area contributed by atoms with Gasteiger partial charge < -0.3 is 4.57 Å². The fraction of sp³-hybridized carbons (Fsp3) is 0. The maximum absolute atomic E-state index is 10.4. The summed E-state index contributed by atoms with van der Waals surface area (Å²) in [6, 6.07) is 53.5. The van der Waals surface area contributed by atoms with Crippen LogP contribution < -0.4 is 0 Å². The topological polar surface area (TPSA) is 52.5 Å². The third-order valence-electron chi connectivity index (χ3n) is 9.70. The lowest BCUT2D eigenvalue weighted by Gasteiger charge is -2.16. The Morgan fingerprint density at radius 3 is 1.80 bits per heavy atom. The Morgan fingerprint density at radius 1 is 0.449 bits per heavy atom. The van der Waals surface area contributed by atoms with E-state index in [2.05, 4.69) is 120 Å². The molecule has 0 saturated carbocycles. The van der Waals surface area contributed by atoms with Gasteiger partial charge in [0.2, 0.25) is 0 Å². The molecule has 3 heterocycles. The molecule has 10 aromatic rings. The summed E-state index contributed by atoms with van der Waals surface area (Å²) >= 11 is 3.65. The number of nitrogens with zero attached hydrogens (tertiary/aromatic N) is 3. The van der Waals surface area contributed by atoms with Gasteiger partial charge in [-0.3, -0.25) is 0 Å². The number of nitriles is 2. The lowest BCUT2D eigenvalue weighted by atomic mass is 9.97. The number of para-hydroxylation sites is 3. The Morgan fingerprint density at radius 2 is 1.04 bits per heavy atom. The summed E-state index contributed by atoms with van der Waals surface area (Å²) in [5, 5.41) is 27.5. The predicted molar refractivity (Wildman–Crippen MR) is 207 cm³/mol. The molecule has 7 aromatic carbocycles. The molecule has 0 radical (unpaired) electrons. The van der Waals surface area contributed by atoms with Crippen molar-refractivity contribution in [2.24, 2.45) is 0 Å². The van der Waals surface area contributed by atoms with Crippen molar-refractivity contribution in [2.45, 2.75) is 0 Å². The van der Waals surface area contributed by atoms with E-state index in [1.54, 1.807) is 0 Å². The molecule has 0 aliphatic heterocycles. The van der Waals surface area contributed by atoms with Crippen molar-refractivity contribution in [3.8, 4) is 40.1 Å². The largest absolute Gasteiger partial charge is 0.307 e. The molecule has 10 rings (SSSR count). The van der Waals surface area contributed by atoms with Gasteiger partial charge in [0, 0.05) is 56.7 Å². The van der Waals surface area contributed by atoms with Gasteiger partial charge in [-0.1, -0.05) is 84.9 Å². The van der Waals surface area contributed by atoms with Crippen LogP contribution in [0.2, 0.25) is 0 Å². The molecule has 5 heteroatoms. The van der Waals surface area contributed by atoms with E-state index in [1.165, 1.54) is 51.1 Å². The van der Waals surface area contributed by atoms with Crippen molar-refractivity contribution in [3.05, 3.63) is 151 Å². The van der Waals surface area contributed by atoms with E-state index in [0.717, 1.165) is 39.0 Å². The van der Waals surface area contributed by atoms with Crippen molar-refractivity contribution in [1.29, 1.82) is 10.5 Å². The first-order valence-corrected chi connectivity index (χ1v) is 17.7. The zero-order chi connectivity index (χ0) is 32.6. The summed E-state index contributed by atoms with van der Waals surface area (Å²) in [7, 11) is 0. The SMILES string of the molecule is N#Cc1ccccc1-c1ccc2sc3c(ccc4sc5ccc(-c6cccc(C#N)c6-n6c7ccccc7c7ccccc76)cc5c43)c2c1. The summed E-state index contributed by atoms with van der Waals surface area (Å²) in [6.45, 7) is 0. The third-order valence-corrected chi connectivity index (χ3v) is 12.0. The van der Waals surface area contributed by atoms with Gasteiger partial charge in [-0.25, -0.2) is 0 Å². The van der Waals surface area contributed by atoms with E-state index in [1.807, 2.05) is 59.1 Å². The molecule has 0 atom stereocenters. The van der Waals surface area contributed by atoms with Crippen LogP contribution in [0.25, 0.3) is 90.1 Å². The second-order valence-electron chi connectivity index (χ2n) is 12.3. The number of hydrogen-bond acceptors (Lipinski definition) is 4. The fourth-order valence-corrected chi connectivity index (χ4v) is 9.94. The van der Waals surface area contributed by atoms with Gasteiger partial charge in [0.05, 0.1) is 33.9 Å². The molecular formula is C44H23N3S2. The van der Waals surface area contributed by atoms with Crippen LogP contribution in [0, 0.1) is 22.7 Å². The molecule has 0 N–H and O–H groups in total. The molecule has 3 aromatic heterocycles. The van der Waals surface area contributed by atoms with Crippen molar-refractivity contribution < 1.29 is 0 Å². The van der Waals surface area contributed by atoms with E-state index >= 15 is 0 Å². The molecule has 0 aliphatic carbocycles. The van der Waals surface area contributed by atoms with Gasteiger partial charge in [-0.15, -0.1) is 22.7 Å². The second-order valence-corrected chi connectivity index (χ2v) is 14.4. The predicted octanol–water partition coefficient (Wildman–Crippen LogP) is 12.6. The average molecular weight is 658 g/mol. The molecule has 0 fully saturated rings. The zero-order valence-electron chi connectivity index (χ0n) is 25.9. The van der Waals surface area contributed by atoms with Crippen LogP contribution in [0.3, 0.4) is 0 Å². The van der Waals surface area contributed by atoms with Crippen molar-refractivity contribution in [2.75, 3.05) is 0 Å². The van der Waals surface area contributed by atoms with Crippen LogP contribution in [0.5, 0.6) is 0 Å². The minimum absolute atomic E-state index is 0.639. The first-order chi connectivity index (χ1) is 24.2. The number of hydrogen-bond donors (Lipinski definition) is 0.